The van der Waals surface area contributed by atoms with Gasteiger partial charge in [-0.25, -0.2) is 0 Å². The van der Waals surface area contributed by atoms with E-state index in [-0.39, 0.29) is 5.91 Å². The van der Waals surface area contributed by atoms with Crippen LogP contribution in [0.5, 0.6) is 0 Å². The highest BCUT2D eigenvalue weighted by atomic mass is 16.4. The molecule has 1 aromatic carbocycles. The van der Waals surface area contributed by atoms with Gasteiger partial charge >= 0.3 is 7.62 Å². The van der Waals surface area contributed by atoms with E-state index in [2.05, 4.69) is 10.1 Å². The zero-order valence-electron chi connectivity index (χ0n) is 9.62. The molecule has 5 heteroatoms. The van der Waals surface area contributed by atoms with Crippen molar-refractivity contribution < 1.29 is 9.45 Å². The highest BCUT2D eigenvalue weighted by Crippen LogP contribution is 2.29. The Kier molecular flexibility index (Phi) is 3.15. The van der Waals surface area contributed by atoms with Gasteiger partial charge in [0, 0.05) is 32.0 Å². The SMILES string of the molecule is COBN1CCc2cc(NC(C)=O)ccc21. The summed E-state index contributed by atoms with van der Waals surface area (Å²) in [4.78, 5) is 13.1. The average molecular weight is 218 g/mol. The van der Waals surface area contributed by atoms with Crippen molar-refractivity contribution in [3.05, 3.63) is 23.8 Å². The van der Waals surface area contributed by atoms with E-state index in [0.29, 0.717) is 7.62 Å². The summed E-state index contributed by atoms with van der Waals surface area (Å²) in [5, 5.41) is 2.79. The van der Waals surface area contributed by atoms with Crippen molar-refractivity contribution in [1.29, 1.82) is 0 Å². The van der Waals surface area contributed by atoms with Crippen LogP contribution in [-0.2, 0) is 15.9 Å². The maximum Gasteiger partial charge on any atom is 0.396 e. The van der Waals surface area contributed by atoms with Gasteiger partial charge < -0.3 is 14.8 Å². The van der Waals surface area contributed by atoms with Crippen LogP contribution in [0, 0.1) is 0 Å². The number of amides is 1. The average Bonchev–Trinajstić information content (AvgIpc) is 2.61. The summed E-state index contributed by atoms with van der Waals surface area (Å²) in [5.41, 5.74) is 3.34. The fourth-order valence-corrected chi connectivity index (χ4v) is 2.04. The van der Waals surface area contributed by atoms with Gasteiger partial charge in [0.15, 0.2) is 0 Å². The van der Waals surface area contributed by atoms with E-state index in [0.717, 1.165) is 18.7 Å². The standard InChI is InChI=1S/C11H15BN2O2/c1-8(15)13-10-3-4-11-9(7-10)5-6-14(11)12-16-2/h3-4,7,12H,5-6H2,1-2H3,(H,13,15). The summed E-state index contributed by atoms with van der Waals surface area (Å²) in [7, 11) is 2.32. The predicted octanol–water partition coefficient (Wildman–Crippen LogP) is 0.920. The van der Waals surface area contributed by atoms with Gasteiger partial charge in [0.2, 0.25) is 5.91 Å². The quantitative estimate of drug-likeness (QED) is 0.767. The van der Waals surface area contributed by atoms with Crippen molar-refractivity contribution in [2.45, 2.75) is 13.3 Å². The number of nitrogens with zero attached hydrogens (tertiary/aromatic N) is 1. The van der Waals surface area contributed by atoms with E-state index in [1.807, 2.05) is 18.2 Å². The van der Waals surface area contributed by atoms with Crippen molar-refractivity contribution in [2.24, 2.45) is 0 Å². The van der Waals surface area contributed by atoms with Gasteiger partial charge in [0.1, 0.15) is 0 Å². The second-order valence-electron chi connectivity index (χ2n) is 3.96. The van der Waals surface area contributed by atoms with Gasteiger partial charge in [-0.3, -0.25) is 4.79 Å². The summed E-state index contributed by atoms with van der Waals surface area (Å²) < 4.78 is 5.13. The molecule has 1 N–H and O–H groups in total. The molecule has 0 saturated carbocycles. The van der Waals surface area contributed by atoms with Gasteiger partial charge in [0.05, 0.1) is 0 Å². The van der Waals surface area contributed by atoms with E-state index in [1.54, 1.807) is 7.11 Å². The minimum absolute atomic E-state index is 0.0355. The van der Waals surface area contributed by atoms with Gasteiger partial charge in [-0.15, -0.1) is 0 Å². The molecule has 2 rings (SSSR count). The number of hydrogen-bond acceptors (Lipinski definition) is 3. The minimum atomic E-state index is -0.0355. The van der Waals surface area contributed by atoms with Crippen molar-refractivity contribution in [2.75, 3.05) is 23.8 Å². The largest absolute Gasteiger partial charge is 0.422 e. The summed E-state index contributed by atoms with van der Waals surface area (Å²) in [6, 6.07) is 5.99. The maximum atomic E-state index is 10.9. The Bertz CT molecular complexity index is 409. The molecule has 0 bridgehead atoms. The predicted molar refractivity (Wildman–Crippen MR) is 66.0 cm³/mol. The number of nitrogens with one attached hydrogen (secondary N) is 1. The van der Waals surface area contributed by atoms with Crippen LogP contribution in [0.25, 0.3) is 0 Å². The first-order valence-electron chi connectivity index (χ1n) is 5.35. The second kappa shape index (κ2) is 4.57. The molecule has 0 atom stereocenters. The molecular formula is C11H15BN2O2. The molecule has 0 spiro atoms. The fraction of sp³-hybridized carbons (Fsp3) is 0.364. The lowest BCUT2D eigenvalue weighted by Gasteiger charge is -2.16. The number of carbonyl (C=O) groups excluding carboxylic acids is 1. The van der Waals surface area contributed by atoms with E-state index < -0.39 is 0 Å². The Hall–Kier alpha value is -1.49. The minimum Gasteiger partial charge on any atom is -0.422 e. The summed E-state index contributed by atoms with van der Waals surface area (Å²) in [6.07, 6.45) is 1.01. The van der Waals surface area contributed by atoms with Crippen molar-refractivity contribution in [3.8, 4) is 0 Å². The summed E-state index contributed by atoms with van der Waals surface area (Å²) >= 11 is 0. The van der Waals surface area contributed by atoms with Crippen LogP contribution in [0.15, 0.2) is 18.2 Å². The summed E-state index contributed by atoms with van der Waals surface area (Å²) in [6.45, 7) is 2.50. The van der Waals surface area contributed by atoms with E-state index >= 15 is 0 Å². The van der Waals surface area contributed by atoms with Crippen molar-refractivity contribution in [3.63, 3.8) is 0 Å². The van der Waals surface area contributed by atoms with Crippen molar-refractivity contribution >= 4 is 24.9 Å². The third-order valence-electron chi connectivity index (χ3n) is 2.68. The first kappa shape index (κ1) is 11.0. The molecule has 0 unspecified atom stereocenters. The Labute approximate surface area is 95.9 Å². The van der Waals surface area contributed by atoms with Crippen LogP contribution in [0.2, 0.25) is 0 Å². The molecule has 0 aliphatic carbocycles. The smallest absolute Gasteiger partial charge is 0.396 e. The van der Waals surface area contributed by atoms with Crippen molar-refractivity contribution in [1.82, 2.24) is 0 Å². The molecule has 0 fully saturated rings. The molecule has 1 heterocycles. The molecule has 0 saturated heterocycles. The lowest BCUT2D eigenvalue weighted by atomic mass is 10.1. The fourth-order valence-electron chi connectivity index (χ4n) is 2.04. The van der Waals surface area contributed by atoms with E-state index in [4.69, 9.17) is 4.65 Å². The second-order valence-corrected chi connectivity index (χ2v) is 3.96. The first-order valence-corrected chi connectivity index (χ1v) is 5.35. The molecular weight excluding hydrogens is 203 g/mol. The number of anilines is 2. The zero-order chi connectivity index (χ0) is 11.5. The van der Waals surface area contributed by atoms with Gasteiger partial charge in [-0.2, -0.15) is 0 Å². The van der Waals surface area contributed by atoms with Crippen LogP contribution in [-0.4, -0.2) is 27.2 Å². The lowest BCUT2D eigenvalue weighted by Crippen LogP contribution is -2.26. The number of carbonyl (C=O) groups is 1. The molecule has 1 amide bonds. The molecule has 1 aliphatic rings. The number of benzene rings is 1. The van der Waals surface area contributed by atoms with E-state index in [1.165, 1.54) is 18.2 Å². The highest BCUT2D eigenvalue weighted by Gasteiger charge is 2.19. The normalized spacial score (nSPS) is 13.5. The Balaban J connectivity index is 2.18. The molecule has 1 aliphatic heterocycles. The molecule has 4 nitrogen and oxygen atoms in total. The van der Waals surface area contributed by atoms with Gasteiger partial charge in [-0.05, 0) is 30.2 Å². The first-order chi connectivity index (χ1) is 7.70. The monoisotopic (exact) mass is 218 g/mol. The molecule has 16 heavy (non-hydrogen) atoms. The summed E-state index contributed by atoms with van der Waals surface area (Å²) in [5.74, 6) is -0.0355. The number of hydrogen-bond donors (Lipinski definition) is 1. The highest BCUT2D eigenvalue weighted by molar-refractivity contribution is 6.34. The Morgan fingerprint density at radius 3 is 3.06 bits per heavy atom. The lowest BCUT2D eigenvalue weighted by molar-refractivity contribution is -0.114. The molecule has 0 aromatic heterocycles. The van der Waals surface area contributed by atoms with Crippen LogP contribution >= 0.6 is 0 Å². The molecule has 0 radical (unpaired) electrons. The Morgan fingerprint density at radius 1 is 1.56 bits per heavy atom. The third-order valence-corrected chi connectivity index (χ3v) is 2.68. The van der Waals surface area contributed by atoms with Crippen LogP contribution < -0.4 is 10.1 Å². The number of fused-ring (bicyclic) bond motifs is 1. The topological polar surface area (TPSA) is 41.6 Å². The maximum absolute atomic E-state index is 10.9. The number of rotatable bonds is 3. The molecule has 84 valence electrons. The molecule has 1 aromatic rings. The van der Waals surface area contributed by atoms with E-state index in [9.17, 15) is 4.79 Å². The third kappa shape index (κ3) is 2.19. The van der Waals surface area contributed by atoms with Crippen LogP contribution in [0.4, 0.5) is 11.4 Å². The Morgan fingerprint density at radius 2 is 2.38 bits per heavy atom. The zero-order valence-corrected chi connectivity index (χ0v) is 9.62. The van der Waals surface area contributed by atoms with Crippen LogP contribution in [0.3, 0.4) is 0 Å². The van der Waals surface area contributed by atoms with Gasteiger partial charge in [-0.1, -0.05) is 0 Å². The van der Waals surface area contributed by atoms with Crippen LogP contribution in [0.1, 0.15) is 12.5 Å². The van der Waals surface area contributed by atoms with Gasteiger partial charge in [0.25, 0.3) is 0 Å².